The maximum absolute atomic E-state index is 13.6. The van der Waals surface area contributed by atoms with Crippen LogP contribution in [0.1, 0.15) is 66.7 Å². The lowest BCUT2D eigenvalue weighted by Gasteiger charge is -2.14. The topological polar surface area (TPSA) is 67.5 Å². The van der Waals surface area contributed by atoms with Gasteiger partial charge < -0.3 is 18.8 Å². The standard InChI is InChI=1S/C35H39N3O4/c1-5-40-35(39)34-28(18-12-22-42-30-19-10-14-25-13-6-7-15-26(25)30)27-16-11-17-29-31-23(2)37(4)36-32(31)24(3)41-21-9-8-20-38(34)33(27)29/h6-7,10-11,13-17,19,24H,5,8-9,12,18,20-22H2,1-4H3. The third kappa shape index (κ3) is 5.07. The smallest absolute Gasteiger partial charge is 0.355 e. The van der Waals surface area contributed by atoms with Crippen LogP contribution in [0.25, 0.3) is 32.8 Å². The van der Waals surface area contributed by atoms with Crippen LogP contribution in [0.5, 0.6) is 5.75 Å². The number of esters is 1. The highest BCUT2D eigenvalue weighted by atomic mass is 16.5. The van der Waals surface area contributed by atoms with Crippen molar-refractivity contribution in [1.82, 2.24) is 14.3 Å². The number of rotatable bonds is 7. The number of hydrogen-bond acceptors (Lipinski definition) is 5. The van der Waals surface area contributed by atoms with E-state index in [4.69, 9.17) is 19.3 Å². The Balaban J connectivity index is 1.43. The van der Waals surface area contributed by atoms with Crippen LogP contribution in [0, 0.1) is 6.92 Å². The van der Waals surface area contributed by atoms with Crippen LogP contribution in [-0.2, 0) is 29.5 Å². The molecule has 1 aliphatic heterocycles. The van der Waals surface area contributed by atoms with Crippen molar-refractivity contribution in [2.45, 2.75) is 59.1 Å². The summed E-state index contributed by atoms with van der Waals surface area (Å²) in [5, 5.41) is 8.23. The first-order valence-corrected chi connectivity index (χ1v) is 15.1. The lowest BCUT2D eigenvalue weighted by atomic mass is 9.97. The molecule has 0 saturated heterocycles. The number of aromatic nitrogens is 3. The largest absolute Gasteiger partial charge is 0.493 e. The van der Waals surface area contributed by atoms with E-state index in [-0.39, 0.29) is 12.1 Å². The summed E-state index contributed by atoms with van der Waals surface area (Å²) in [6.45, 7) is 8.26. The summed E-state index contributed by atoms with van der Waals surface area (Å²) < 4.78 is 22.3. The van der Waals surface area contributed by atoms with Crippen LogP contribution in [0.4, 0.5) is 0 Å². The Morgan fingerprint density at radius 3 is 2.69 bits per heavy atom. The molecule has 2 aromatic heterocycles. The van der Waals surface area contributed by atoms with Crippen molar-refractivity contribution in [2.75, 3.05) is 19.8 Å². The molecule has 0 fully saturated rings. The number of aryl methyl sites for hydroxylation is 3. The van der Waals surface area contributed by atoms with Crippen molar-refractivity contribution in [3.8, 4) is 16.9 Å². The normalized spacial score (nSPS) is 15.4. The van der Waals surface area contributed by atoms with Gasteiger partial charge in [0.2, 0.25) is 0 Å². The van der Waals surface area contributed by atoms with E-state index in [1.807, 2.05) is 42.9 Å². The Morgan fingerprint density at radius 2 is 1.83 bits per heavy atom. The Kier molecular flexibility index (Phi) is 8.02. The Bertz CT molecular complexity index is 1740. The fourth-order valence-electron chi connectivity index (χ4n) is 6.31. The fourth-order valence-corrected chi connectivity index (χ4v) is 6.31. The SMILES string of the molecule is CCOC(=O)c1c(CCCOc2cccc3ccccc23)c2cccc3c2n1CCCCOC(C)c1nn(C)c(C)c1-3. The molecule has 0 amide bonds. The molecular formula is C35H39N3O4. The Labute approximate surface area is 247 Å². The molecule has 3 heterocycles. The molecule has 0 bridgehead atoms. The molecular weight excluding hydrogens is 526 g/mol. The van der Waals surface area contributed by atoms with E-state index in [9.17, 15) is 4.79 Å². The highest BCUT2D eigenvalue weighted by Gasteiger charge is 2.29. The molecule has 0 aliphatic carbocycles. The first-order chi connectivity index (χ1) is 20.5. The number of para-hydroxylation sites is 1. The maximum atomic E-state index is 13.6. The molecule has 0 radical (unpaired) electrons. The third-order valence-corrected chi connectivity index (χ3v) is 8.39. The number of benzene rings is 3. The molecule has 42 heavy (non-hydrogen) atoms. The molecule has 5 aromatic rings. The van der Waals surface area contributed by atoms with Crippen LogP contribution in [0.15, 0.2) is 60.7 Å². The maximum Gasteiger partial charge on any atom is 0.355 e. The molecule has 3 aromatic carbocycles. The second-order valence-electron chi connectivity index (χ2n) is 11.0. The quantitative estimate of drug-likeness (QED) is 0.150. The zero-order valence-corrected chi connectivity index (χ0v) is 25.0. The number of nitrogens with zero attached hydrogens (tertiary/aromatic N) is 3. The molecule has 0 N–H and O–H groups in total. The van der Waals surface area contributed by atoms with E-state index in [1.165, 1.54) is 0 Å². The minimum atomic E-state index is -0.271. The van der Waals surface area contributed by atoms with Crippen LogP contribution in [0.2, 0.25) is 0 Å². The van der Waals surface area contributed by atoms with Crippen molar-refractivity contribution in [3.63, 3.8) is 0 Å². The van der Waals surface area contributed by atoms with E-state index < -0.39 is 0 Å². The van der Waals surface area contributed by atoms with Crippen molar-refractivity contribution in [3.05, 3.63) is 83.3 Å². The average Bonchev–Trinajstić information content (AvgIpc) is 3.47. The predicted octanol–water partition coefficient (Wildman–Crippen LogP) is 7.56. The highest BCUT2D eigenvalue weighted by molar-refractivity contribution is 6.05. The Morgan fingerprint density at radius 1 is 1.05 bits per heavy atom. The molecule has 0 spiro atoms. The van der Waals surface area contributed by atoms with E-state index in [2.05, 4.69) is 54.8 Å². The van der Waals surface area contributed by atoms with Crippen LogP contribution < -0.4 is 4.74 Å². The van der Waals surface area contributed by atoms with Gasteiger partial charge in [0.05, 0.1) is 30.5 Å². The minimum absolute atomic E-state index is 0.133. The van der Waals surface area contributed by atoms with Crippen molar-refractivity contribution < 1.29 is 19.0 Å². The second kappa shape index (κ2) is 12.0. The van der Waals surface area contributed by atoms with Gasteiger partial charge in [-0.1, -0.05) is 54.6 Å². The Hall–Kier alpha value is -4.10. The molecule has 7 heteroatoms. The van der Waals surface area contributed by atoms with E-state index in [0.29, 0.717) is 38.5 Å². The van der Waals surface area contributed by atoms with E-state index in [1.54, 1.807) is 0 Å². The highest BCUT2D eigenvalue weighted by Crippen LogP contribution is 2.40. The number of fused-ring (bicyclic) bond motifs is 3. The molecule has 1 unspecified atom stereocenters. The van der Waals surface area contributed by atoms with Gasteiger partial charge in [-0.2, -0.15) is 5.10 Å². The number of carbonyl (C=O) groups excluding carboxylic acids is 1. The van der Waals surface area contributed by atoms with Gasteiger partial charge in [-0.3, -0.25) is 4.68 Å². The van der Waals surface area contributed by atoms with Gasteiger partial charge >= 0.3 is 5.97 Å². The number of ether oxygens (including phenoxy) is 3. The van der Waals surface area contributed by atoms with Crippen molar-refractivity contribution in [2.24, 2.45) is 7.05 Å². The van der Waals surface area contributed by atoms with Gasteiger partial charge in [0.1, 0.15) is 11.4 Å². The average molecular weight is 566 g/mol. The summed E-state index contributed by atoms with van der Waals surface area (Å²) in [5.41, 5.74) is 6.91. The molecule has 6 rings (SSSR count). The molecule has 1 aliphatic rings. The first kappa shape index (κ1) is 28.0. The first-order valence-electron chi connectivity index (χ1n) is 15.1. The van der Waals surface area contributed by atoms with E-state index in [0.717, 1.165) is 74.8 Å². The summed E-state index contributed by atoms with van der Waals surface area (Å²) in [7, 11) is 1.98. The van der Waals surface area contributed by atoms with Gasteiger partial charge in [0, 0.05) is 47.8 Å². The van der Waals surface area contributed by atoms with Crippen LogP contribution in [-0.4, -0.2) is 40.1 Å². The van der Waals surface area contributed by atoms with Gasteiger partial charge in [-0.25, -0.2) is 4.79 Å². The fraction of sp³-hybridized carbons (Fsp3) is 0.371. The van der Waals surface area contributed by atoms with Crippen molar-refractivity contribution >= 4 is 27.6 Å². The second-order valence-corrected chi connectivity index (χ2v) is 11.0. The van der Waals surface area contributed by atoms with Crippen LogP contribution >= 0.6 is 0 Å². The summed E-state index contributed by atoms with van der Waals surface area (Å²) in [6.07, 6.45) is 3.12. The molecule has 218 valence electrons. The van der Waals surface area contributed by atoms with Crippen molar-refractivity contribution in [1.29, 1.82) is 0 Å². The van der Waals surface area contributed by atoms with Gasteiger partial charge in [0.15, 0.2) is 0 Å². The summed E-state index contributed by atoms with van der Waals surface area (Å²) >= 11 is 0. The van der Waals surface area contributed by atoms with Gasteiger partial charge in [-0.15, -0.1) is 0 Å². The number of carbonyl (C=O) groups is 1. The summed E-state index contributed by atoms with van der Waals surface area (Å²) in [4.78, 5) is 13.6. The third-order valence-electron chi connectivity index (χ3n) is 8.39. The number of hydrogen-bond donors (Lipinski definition) is 0. The lowest BCUT2D eigenvalue weighted by Crippen LogP contribution is -2.15. The zero-order valence-electron chi connectivity index (χ0n) is 25.0. The monoisotopic (exact) mass is 565 g/mol. The lowest BCUT2D eigenvalue weighted by molar-refractivity contribution is 0.0511. The zero-order chi connectivity index (χ0) is 29.2. The molecule has 7 nitrogen and oxygen atoms in total. The summed E-state index contributed by atoms with van der Waals surface area (Å²) in [5.74, 6) is 0.612. The minimum Gasteiger partial charge on any atom is -0.493 e. The van der Waals surface area contributed by atoms with Crippen LogP contribution in [0.3, 0.4) is 0 Å². The van der Waals surface area contributed by atoms with Gasteiger partial charge in [0.25, 0.3) is 0 Å². The van der Waals surface area contributed by atoms with E-state index >= 15 is 0 Å². The van der Waals surface area contributed by atoms with Gasteiger partial charge in [-0.05, 0) is 63.5 Å². The summed E-state index contributed by atoms with van der Waals surface area (Å²) in [6, 6.07) is 20.8. The predicted molar refractivity (Wildman–Crippen MR) is 166 cm³/mol. The molecule has 1 atom stereocenters. The molecule has 0 saturated carbocycles.